The van der Waals surface area contributed by atoms with E-state index in [0.29, 0.717) is 11.7 Å². The number of thioether (sulfide) groups is 1. The van der Waals surface area contributed by atoms with Gasteiger partial charge in [-0.3, -0.25) is 0 Å². The molecule has 1 unspecified atom stereocenters. The van der Waals surface area contributed by atoms with E-state index in [1.807, 2.05) is 12.1 Å². The van der Waals surface area contributed by atoms with Gasteiger partial charge in [0.15, 0.2) is 0 Å². The second-order valence-corrected chi connectivity index (χ2v) is 4.19. The minimum Gasteiger partial charge on any atom is -0.508 e. The molecule has 1 N–H and O–H groups in total. The molecular formula is C11H13NOS. The fourth-order valence-electron chi connectivity index (χ4n) is 1.32. The van der Waals surface area contributed by atoms with E-state index in [1.54, 1.807) is 12.1 Å². The molecule has 0 saturated carbocycles. The number of hydrogen-bond acceptors (Lipinski definition) is 3. The minimum atomic E-state index is 0.308. The van der Waals surface area contributed by atoms with Crippen LogP contribution < -0.4 is 0 Å². The third kappa shape index (κ3) is 3.71. The van der Waals surface area contributed by atoms with Crippen molar-refractivity contribution in [3.8, 4) is 11.2 Å². The molecule has 1 aromatic rings. The fourth-order valence-corrected chi connectivity index (χ4v) is 1.80. The van der Waals surface area contributed by atoms with Gasteiger partial charge in [0, 0.05) is 5.75 Å². The highest BCUT2D eigenvalue weighted by Gasteiger charge is 2.04. The molecule has 0 heterocycles. The van der Waals surface area contributed by atoms with Crippen molar-refractivity contribution >= 4 is 11.8 Å². The molecule has 74 valence electrons. The Morgan fingerprint density at radius 2 is 2.36 bits per heavy atom. The summed E-state index contributed by atoms with van der Waals surface area (Å²) in [7, 11) is 0. The van der Waals surface area contributed by atoms with Gasteiger partial charge in [0.05, 0.1) is 0 Å². The van der Waals surface area contributed by atoms with Crippen LogP contribution in [0.3, 0.4) is 0 Å². The van der Waals surface area contributed by atoms with Crippen molar-refractivity contribution in [1.29, 1.82) is 5.26 Å². The second-order valence-electron chi connectivity index (χ2n) is 3.38. The number of thiocyanates is 1. The summed E-state index contributed by atoms with van der Waals surface area (Å²) in [6, 6.07) is 7.27. The van der Waals surface area contributed by atoms with Gasteiger partial charge < -0.3 is 5.11 Å². The first-order valence-electron chi connectivity index (χ1n) is 4.51. The summed E-state index contributed by atoms with van der Waals surface area (Å²) in [5.74, 6) is 1.61. The van der Waals surface area contributed by atoms with E-state index in [4.69, 9.17) is 5.26 Å². The second kappa shape index (κ2) is 5.56. The number of nitriles is 1. The van der Waals surface area contributed by atoms with Gasteiger partial charge in [-0.05, 0) is 41.8 Å². The number of phenols is 1. The fraction of sp³-hybridized carbons (Fsp3) is 0.364. The zero-order valence-electron chi connectivity index (χ0n) is 8.10. The Morgan fingerprint density at radius 3 is 3.00 bits per heavy atom. The van der Waals surface area contributed by atoms with Crippen molar-refractivity contribution in [3.05, 3.63) is 29.8 Å². The van der Waals surface area contributed by atoms with Crippen LogP contribution in [0.1, 0.15) is 12.5 Å². The zero-order valence-corrected chi connectivity index (χ0v) is 8.92. The molecule has 14 heavy (non-hydrogen) atoms. The van der Waals surface area contributed by atoms with Crippen molar-refractivity contribution in [2.24, 2.45) is 5.92 Å². The summed E-state index contributed by atoms with van der Waals surface area (Å²) in [5, 5.41) is 19.7. The van der Waals surface area contributed by atoms with E-state index < -0.39 is 0 Å². The van der Waals surface area contributed by atoms with Gasteiger partial charge in [-0.1, -0.05) is 19.1 Å². The Kier molecular flexibility index (Phi) is 4.34. The first-order chi connectivity index (χ1) is 6.72. The summed E-state index contributed by atoms with van der Waals surface area (Å²) in [6.45, 7) is 2.11. The van der Waals surface area contributed by atoms with Crippen LogP contribution in [0.25, 0.3) is 0 Å². The topological polar surface area (TPSA) is 44.0 Å². The molecule has 0 aliphatic rings. The van der Waals surface area contributed by atoms with Gasteiger partial charge in [-0.15, -0.1) is 0 Å². The molecule has 0 amide bonds. The molecule has 2 nitrogen and oxygen atoms in total. The van der Waals surface area contributed by atoms with Gasteiger partial charge in [0.1, 0.15) is 11.2 Å². The molecule has 0 saturated heterocycles. The number of rotatable bonds is 4. The Bertz CT molecular complexity index is 332. The van der Waals surface area contributed by atoms with Gasteiger partial charge in [-0.25, -0.2) is 0 Å². The highest BCUT2D eigenvalue weighted by atomic mass is 32.2. The molecule has 1 aromatic carbocycles. The normalized spacial score (nSPS) is 12.0. The highest BCUT2D eigenvalue weighted by molar-refractivity contribution is 8.03. The quantitative estimate of drug-likeness (QED) is 0.772. The molecule has 3 heteroatoms. The average Bonchev–Trinajstić information content (AvgIpc) is 2.15. The first kappa shape index (κ1) is 10.9. The van der Waals surface area contributed by atoms with Crippen LogP contribution in [0.4, 0.5) is 0 Å². The first-order valence-corrected chi connectivity index (χ1v) is 5.49. The molecule has 0 bridgehead atoms. The molecule has 0 radical (unpaired) electrons. The molecule has 1 rings (SSSR count). The van der Waals surface area contributed by atoms with E-state index >= 15 is 0 Å². The van der Waals surface area contributed by atoms with E-state index in [1.165, 1.54) is 11.8 Å². The van der Waals surface area contributed by atoms with Crippen molar-refractivity contribution < 1.29 is 5.11 Å². The lowest BCUT2D eigenvalue weighted by molar-refractivity contribution is 0.474. The lowest BCUT2D eigenvalue weighted by atomic mass is 10.0. The Labute approximate surface area is 88.6 Å². The van der Waals surface area contributed by atoms with Crippen LogP contribution in [0.15, 0.2) is 24.3 Å². The van der Waals surface area contributed by atoms with Crippen molar-refractivity contribution in [1.82, 2.24) is 0 Å². The third-order valence-electron chi connectivity index (χ3n) is 1.93. The number of benzene rings is 1. The van der Waals surface area contributed by atoms with Crippen molar-refractivity contribution in [3.63, 3.8) is 0 Å². The zero-order chi connectivity index (χ0) is 10.4. The molecule has 0 aliphatic heterocycles. The smallest absolute Gasteiger partial charge is 0.133 e. The summed E-state index contributed by atoms with van der Waals surface area (Å²) >= 11 is 1.28. The average molecular weight is 207 g/mol. The van der Waals surface area contributed by atoms with Crippen LogP contribution in [0.2, 0.25) is 0 Å². The van der Waals surface area contributed by atoms with Crippen LogP contribution in [-0.2, 0) is 6.42 Å². The predicted octanol–water partition coefficient (Wildman–Crippen LogP) is 2.79. The molecule has 0 aromatic heterocycles. The van der Waals surface area contributed by atoms with Crippen LogP contribution in [0.5, 0.6) is 5.75 Å². The van der Waals surface area contributed by atoms with E-state index in [9.17, 15) is 5.11 Å². The number of nitrogens with zero attached hydrogens (tertiary/aromatic N) is 1. The Hall–Kier alpha value is -1.14. The summed E-state index contributed by atoms with van der Waals surface area (Å²) in [5.41, 5.74) is 1.12. The molecule has 0 fully saturated rings. The monoisotopic (exact) mass is 207 g/mol. The maximum atomic E-state index is 9.24. The lowest BCUT2D eigenvalue weighted by Gasteiger charge is -2.08. The van der Waals surface area contributed by atoms with Crippen molar-refractivity contribution in [2.75, 3.05) is 5.75 Å². The standard InChI is InChI=1S/C11H13NOS/c1-9(7-14-8-12)5-10-3-2-4-11(13)6-10/h2-4,6,9,13H,5,7H2,1H3. The minimum absolute atomic E-state index is 0.308. The summed E-state index contributed by atoms with van der Waals surface area (Å²) < 4.78 is 0. The predicted molar refractivity (Wildman–Crippen MR) is 59.0 cm³/mol. The summed E-state index contributed by atoms with van der Waals surface area (Å²) in [4.78, 5) is 0. The highest BCUT2D eigenvalue weighted by Crippen LogP contribution is 2.17. The van der Waals surface area contributed by atoms with E-state index in [0.717, 1.165) is 17.7 Å². The van der Waals surface area contributed by atoms with E-state index in [2.05, 4.69) is 12.3 Å². The van der Waals surface area contributed by atoms with Gasteiger partial charge in [0.2, 0.25) is 0 Å². The molecule has 1 atom stereocenters. The van der Waals surface area contributed by atoms with Gasteiger partial charge >= 0.3 is 0 Å². The number of aromatic hydroxyl groups is 1. The van der Waals surface area contributed by atoms with Crippen molar-refractivity contribution in [2.45, 2.75) is 13.3 Å². The molecule has 0 aliphatic carbocycles. The van der Waals surface area contributed by atoms with Crippen LogP contribution in [0, 0.1) is 16.6 Å². The van der Waals surface area contributed by atoms with Crippen LogP contribution >= 0.6 is 11.8 Å². The lowest BCUT2D eigenvalue weighted by Crippen LogP contribution is -2.01. The Balaban J connectivity index is 2.48. The van der Waals surface area contributed by atoms with Gasteiger partial charge in [0.25, 0.3) is 0 Å². The SMILES string of the molecule is CC(CSC#N)Cc1cccc(O)c1. The number of phenolic OH excluding ortho intramolecular Hbond substituents is 1. The maximum absolute atomic E-state index is 9.24. The van der Waals surface area contributed by atoms with E-state index in [-0.39, 0.29) is 0 Å². The largest absolute Gasteiger partial charge is 0.508 e. The van der Waals surface area contributed by atoms with Crippen LogP contribution in [-0.4, -0.2) is 10.9 Å². The van der Waals surface area contributed by atoms with Gasteiger partial charge in [-0.2, -0.15) is 5.26 Å². The number of hydrogen-bond donors (Lipinski definition) is 1. The maximum Gasteiger partial charge on any atom is 0.133 e. The molecular weight excluding hydrogens is 194 g/mol. The third-order valence-corrected chi connectivity index (χ3v) is 2.79. The summed E-state index contributed by atoms with van der Waals surface area (Å²) in [6.07, 6.45) is 0.906. The molecule has 0 spiro atoms. The Morgan fingerprint density at radius 1 is 1.57 bits per heavy atom.